The molecule has 0 spiro atoms. The molecular weight excluding hydrogens is 943 g/mol. The molecule has 6 aromatic heterocycles. The minimum atomic E-state index is -4.61. The molecule has 65 heavy (non-hydrogen) atoms. The fourth-order valence-corrected chi connectivity index (χ4v) is 5.59. The number of methoxy groups -OCH3 is 2. The third kappa shape index (κ3) is 13.8. The third-order valence-electron chi connectivity index (χ3n) is 9.45. The van der Waals surface area contributed by atoms with Gasteiger partial charge in [0, 0.05) is 60.1 Å². The Kier molecular flexibility index (Phi) is 19.4. The number of nitrogens with zero attached hydrogens (tertiary/aromatic N) is 8. The molecule has 0 bridgehead atoms. The van der Waals surface area contributed by atoms with Crippen molar-refractivity contribution in [3.05, 3.63) is 88.9 Å². The minimum absolute atomic E-state index is 0. The van der Waals surface area contributed by atoms with Crippen molar-refractivity contribution < 1.29 is 63.4 Å². The molecule has 24 heteroatoms. The lowest BCUT2D eigenvalue weighted by atomic mass is 9.80. The molecule has 1 fully saturated rings. The lowest BCUT2D eigenvalue weighted by Gasteiger charge is -2.32. The molecule has 1 saturated heterocycles. The van der Waals surface area contributed by atoms with E-state index in [1.165, 1.54) is 19.5 Å². The van der Waals surface area contributed by atoms with Crippen LogP contribution in [-0.2, 0) is 32.0 Å². The van der Waals surface area contributed by atoms with Gasteiger partial charge in [-0.3, -0.25) is 8.80 Å². The first kappa shape index (κ1) is 56.1. The number of hydrogen-bond acceptors (Lipinski definition) is 12. The molecule has 14 nitrogen and oxygen atoms in total. The van der Waals surface area contributed by atoms with Crippen molar-refractivity contribution in [1.29, 1.82) is 0 Å². The van der Waals surface area contributed by atoms with Gasteiger partial charge in [-0.1, -0.05) is 22.3 Å². The Morgan fingerprint density at radius 2 is 1.11 bits per heavy atom. The molecule has 0 radical (unpaired) electrons. The highest BCUT2D eigenvalue weighted by Crippen LogP contribution is 2.37. The molecular formula is C41H52BBrF8N8O6. The van der Waals surface area contributed by atoms with Crippen LogP contribution in [0.25, 0.3) is 22.4 Å². The molecule has 7 heterocycles. The van der Waals surface area contributed by atoms with Gasteiger partial charge in [-0.25, -0.2) is 18.7 Å². The van der Waals surface area contributed by atoms with Gasteiger partial charge < -0.3 is 28.3 Å². The Bertz CT molecular complexity index is 2460. The first-order valence-electron chi connectivity index (χ1n) is 18.4. The van der Waals surface area contributed by atoms with Crippen LogP contribution in [0, 0.1) is 11.6 Å². The van der Waals surface area contributed by atoms with Crippen LogP contribution < -0.4 is 14.9 Å². The van der Waals surface area contributed by atoms with E-state index in [4.69, 9.17) is 18.8 Å². The Balaban J connectivity index is 0.000000343. The van der Waals surface area contributed by atoms with Crippen molar-refractivity contribution >= 4 is 39.8 Å². The Morgan fingerprint density at radius 3 is 1.55 bits per heavy atom. The first-order valence-corrected chi connectivity index (χ1v) is 19.2. The fraction of sp³-hybridized carbons (Fsp3) is 0.463. The van der Waals surface area contributed by atoms with Gasteiger partial charge in [0.15, 0.2) is 46.8 Å². The highest BCUT2D eigenvalue weighted by molar-refractivity contribution is 9.10. The summed E-state index contributed by atoms with van der Waals surface area (Å²) in [5.41, 5.74) is 1.39. The van der Waals surface area contributed by atoms with E-state index in [1.54, 1.807) is 29.8 Å². The van der Waals surface area contributed by atoms with Crippen LogP contribution >= 0.6 is 15.9 Å². The molecule has 1 aliphatic rings. The van der Waals surface area contributed by atoms with Gasteiger partial charge in [-0.05, 0) is 93.9 Å². The van der Waals surface area contributed by atoms with Crippen molar-refractivity contribution in [2.75, 3.05) is 14.2 Å². The molecule has 7 rings (SSSR count). The smallest absolute Gasteiger partial charge is 0.463 e. The molecule has 2 atom stereocenters. The zero-order valence-corrected chi connectivity index (χ0v) is 35.9. The monoisotopic (exact) mass is 994 g/mol. The predicted molar refractivity (Wildman–Crippen MR) is 231 cm³/mol. The molecule has 1 aliphatic heterocycles. The topological polar surface area (TPSA) is 142 Å². The predicted octanol–water partition coefficient (Wildman–Crippen LogP) is 9.80. The molecule has 6 aromatic rings. The normalized spacial score (nSPS) is 15.0. The minimum Gasteiger partial charge on any atom is -0.463 e. The summed E-state index contributed by atoms with van der Waals surface area (Å²) in [6.07, 6.45) is -7.52. The van der Waals surface area contributed by atoms with Crippen LogP contribution in [0.15, 0.2) is 65.7 Å². The Morgan fingerprint density at radius 1 is 0.662 bits per heavy atom. The fourth-order valence-electron chi connectivity index (χ4n) is 5.25. The molecule has 0 aromatic carbocycles. The number of rotatable bonds is 10. The van der Waals surface area contributed by atoms with E-state index in [-0.39, 0.29) is 34.3 Å². The summed E-state index contributed by atoms with van der Waals surface area (Å²) in [4.78, 5) is 7.29. The number of fused-ring (bicyclic) bond motifs is 2. The van der Waals surface area contributed by atoms with Crippen molar-refractivity contribution in [2.45, 2.75) is 113 Å². The Hall–Kier alpha value is -5.04. The van der Waals surface area contributed by atoms with Crippen molar-refractivity contribution in [1.82, 2.24) is 39.2 Å². The number of hydrogen-bond donors (Lipinski definition) is 0. The summed E-state index contributed by atoms with van der Waals surface area (Å²) in [6, 6.07) is 9.25. The maximum Gasteiger partial charge on any atom is 0.496 e. The van der Waals surface area contributed by atoms with Crippen LogP contribution in [0.5, 0.6) is 11.8 Å². The van der Waals surface area contributed by atoms with Crippen LogP contribution in [-0.4, -0.2) is 96.3 Å². The number of halogens is 9. The van der Waals surface area contributed by atoms with Gasteiger partial charge in [0.05, 0.1) is 11.2 Å². The highest BCUT2D eigenvalue weighted by atomic mass is 79.9. The molecule has 0 saturated carbocycles. The van der Waals surface area contributed by atoms with E-state index in [0.29, 0.717) is 29.2 Å². The van der Waals surface area contributed by atoms with Crippen LogP contribution in [0.3, 0.4) is 0 Å². The maximum absolute atomic E-state index is 14.1. The summed E-state index contributed by atoms with van der Waals surface area (Å²) >= 11 is 3.39. The third-order valence-corrected chi connectivity index (χ3v) is 9.92. The zero-order chi connectivity index (χ0) is 45.8. The SMILES string of the molecule is C.C.C.COCc1nnc2ccc(-c3cnc(O[C@H](C)C(F)(F)F)c(F)c3)cn12.COCc1nnc2ccc(Br)cn12.C[C@@H](Oc1ncc(B2OC(C)(C)C(C)(C)O2)cc1F)C(F)(F)F. The van der Waals surface area contributed by atoms with Crippen LogP contribution in [0.4, 0.5) is 35.1 Å². The van der Waals surface area contributed by atoms with E-state index in [1.807, 2.05) is 50.4 Å². The zero-order valence-electron chi connectivity index (χ0n) is 34.3. The van der Waals surface area contributed by atoms with Crippen molar-refractivity contribution in [3.8, 4) is 22.9 Å². The number of ether oxygens (including phenoxy) is 4. The first-order chi connectivity index (χ1) is 28.9. The largest absolute Gasteiger partial charge is 0.496 e. The summed E-state index contributed by atoms with van der Waals surface area (Å²) < 4.78 is 138. The molecule has 0 amide bonds. The molecule has 358 valence electrons. The average Bonchev–Trinajstić information content (AvgIpc) is 3.85. The van der Waals surface area contributed by atoms with Crippen LogP contribution in [0.1, 0.15) is 75.5 Å². The summed E-state index contributed by atoms with van der Waals surface area (Å²) in [5, 5.41) is 15.9. The van der Waals surface area contributed by atoms with Gasteiger partial charge in [0.1, 0.15) is 13.2 Å². The molecule has 0 N–H and O–H groups in total. The summed E-state index contributed by atoms with van der Waals surface area (Å²) in [7, 11) is 2.31. The average molecular weight is 996 g/mol. The van der Waals surface area contributed by atoms with Gasteiger partial charge in [-0.15, -0.1) is 20.4 Å². The van der Waals surface area contributed by atoms with Gasteiger partial charge in [0.2, 0.25) is 0 Å². The second kappa shape index (κ2) is 22.4. The summed E-state index contributed by atoms with van der Waals surface area (Å²) in [5.74, 6) is -2.05. The van der Waals surface area contributed by atoms with E-state index in [9.17, 15) is 35.1 Å². The number of aromatic nitrogens is 8. The second-order valence-corrected chi connectivity index (χ2v) is 15.5. The number of alkyl halides is 6. The Labute approximate surface area is 380 Å². The van der Waals surface area contributed by atoms with E-state index in [2.05, 4.69) is 55.8 Å². The maximum atomic E-state index is 14.1. The molecule has 0 unspecified atom stereocenters. The highest BCUT2D eigenvalue weighted by Gasteiger charge is 2.52. The summed E-state index contributed by atoms with van der Waals surface area (Å²) in [6.45, 7) is 9.60. The van der Waals surface area contributed by atoms with Crippen molar-refractivity contribution in [2.24, 2.45) is 0 Å². The lowest BCUT2D eigenvalue weighted by molar-refractivity contribution is -0.190. The molecule has 0 aliphatic carbocycles. The van der Waals surface area contributed by atoms with Gasteiger partial charge >= 0.3 is 19.5 Å². The second-order valence-electron chi connectivity index (χ2n) is 14.6. The van der Waals surface area contributed by atoms with E-state index < -0.39 is 66.3 Å². The quantitative estimate of drug-likeness (QED) is 0.0953. The van der Waals surface area contributed by atoms with E-state index in [0.717, 1.165) is 41.9 Å². The van der Waals surface area contributed by atoms with Gasteiger partial charge in [0.25, 0.3) is 11.8 Å². The van der Waals surface area contributed by atoms with Crippen LogP contribution in [0.2, 0.25) is 0 Å². The van der Waals surface area contributed by atoms with E-state index >= 15 is 0 Å². The lowest BCUT2D eigenvalue weighted by Crippen LogP contribution is -2.41. The standard InChI is InChI=1S/C16H14F4N4O2.C14H18BF4NO3.C8H8BrN3O.3CH4/c1-9(16(18,19)20)26-15-12(17)5-11(6-21-15)10-3-4-13-22-23-14(8-25-2)24(13)7-10;1-8(14(17,18)19)21-11-10(16)6-9(7-20-11)15-22-12(2,3)13(4,5)23-15;1-13-5-8-11-10-7-3-2-6(9)4-12(7)8;;;/h3-7,9H,8H2,1-2H3;6-8H,1-5H3;2-4H,5H2,1H3;3*1H4/t9-;8-;;;;/m11..../s1. The van der Waals surface area contributed by atoms with Gasteiger partial charge in [-0.2, -0.15) is 26.3 Å². The number of pyridine rings is 4. The van der Waals surface area contributed by atoms with Crippen molar-refractivity contribution in [3.63, 3.8) is 0 Å².